The molecule has 1 atom stereocenters. The van der Waals surface area contributed by atoms with Gasteiger partial charge < -0.3 is 5.11 Å². The minimum Gasteiger partial charge on any atom is -0.389 e. The van der Waals surface area contributed by atoms with Gasteiger partial charge in [-0.15, -0.1) is 0 Å². The van der Waals surface area contributed by atoms with Gasteiger partial charge in [-0.05, 0) is 12.8 Å². The van der Waals surface area contributed by atoms with Gasteiger partial charge in [-0.25, -0.2) is 0 Å². The van der Waals surface area contributed by atoms with Crippen molar-refractivity contribution in [2.75, 3.05) is 0 Å². The maximum Gasteiger partial charge on any atom is 0.133 e. The van der Waals surface area contributed by atoms with E-state index in [-0.39, 0.29) is 5.78 Å². The molecule has 0 saturated heterocycles. The molecule has 2 nitrogen and oxygen atoms in total. The molecule has 0 amide bonds. The molecule has 1 rings (SSSR count). The van der Waals surface area contributed by atoms with Crippen LogP contribution in [0.5, 0.6) is 0 Å². The van der Waals surface area contributed by atoms with Gasteiger partial charge in [0.15, 0.2) is 0 Å². The van der Waals surface area contributed by atoms with Crippen molar-refractivity contribution >= 4 is 5.78 Å². The molecule has 0 aromatic carbocycles. The van der Waals surface area contributed by atoms with Crippen molar-refractivity contribution in [2.45, 2.75) is 31.8 Å². The topological polar surface area (TPSA) is 37.3 Å². The number of rotatable bonds is 0. The molecule has 1 unspecified atom stereocenters. The zero-order chi connectivity index (χ0) is 7.40. The summed E-state index contributed by atoms with van der Waals surface area (Å²) in [6.07, 6.45) is 5.80. The fraction of sp³-hybridized carbons (Fsp3) is 0.625. The van der Waals surface area contributed by atoms with Crippen molar-refractivity contribution in [3.8, 4) is 0 Å². The van der Waals surface area contributed by atoms with Crippen molar-refractivity contribution in [3.63, 3.8) is 0 Å². The van der Waals surface area contributed by atoms with Crippen LogP contribution in [0.3, 0.4) is 0 Å². The van der Waals surface area contributed by atoms with Crippen LogP contribution in [-0.2, 0) is 4.79 Å². The molecule has 0 heterocycles. The fourth-order valence-corrected chi connectivity index (χ4v) is 1.03. The average Bonchev–Trinajstić information content (AvgIpc) is 1.90. The number of allylic oxidation sites excluding steroid dienone is 1. The highest BCUT2D eigenvalue weighted by molar-refractivity contribution is 5.78. The highest BCUT2D eigenvalue weighted by Gasteiger charge is 2.07. The minimum atomic E-state index is -0.399. The van der Waals surface area contributed by atoms with E-state index in [1.165, 1.54) is 0 Å². The Hall–Kier alpha value is -0.630. The van der Waals surface area contributed by atoms with Crippen molar-refractivity contribution < 1.29 is 9.90 Å². The molecule has 0 radical (unpaired) electrons. The molecule has 0 bridgehead atoms. The molecular formula is C8H12O2. The Labute approximate surface area is 60.6 Å². The van der Waals surface area contributed by atoms with Crippen LogP contribution in [0.2, 0.25) is 0 Å². The van der Waals surface area contributed by atoms with E-state index in [0.717, 1.165) is 6.42 Å². The van der Waals surface area contributed by atoms with E-state index < -0.39 is 6.10 Å². The first-order chi connectivity index (χ1) is 4.79. The van der Waals surface area contributed by atoms with Crippen molar-refractivity contribution in [3.05, 3.63) is 12.2 Å². The summed E-state index contributed by atoms with van der Waals surface area (Å²) in [5, 5.41) is 9.09. The van der Waals surface area contributed by atoms with Crippen LogP contribution in [-0.4, -0.2) is 17.0 Å². The van der Waals surface area contributed by atoms with Gasteiger partial charge in [0.25, 0.3) is 0 Å². The second-order valence-electron chi connectivity index (χ2n) is 2.61. The Bertz CT molecular complexity index is 149. The second kappa shape index (κ2) is 3.52. The fourth-order valence-electron chi connectivity index (χ4n) is 1.03. The number of carbonyl (C=O) groups excluding carboxylic acids is 1. The largest absolute Gasteiger partial charge is 0.389 e. The predicted octanol–water partition coefficient (Wildman–Crippen LogP) is 1.05. The predicted molar refractivity (Wildman–Crippen MR) is 38.6 cm³/mol. The summed E-state index contributed by atoms with van der Waals surface area (Å²) in [7, 11) is 0. The summed E-state index contributed by atoms with van der Waals surface area (Å²) in [5.41, 5.74) is 0. The molecule has 0 spiro atoms. The van der Waals surface area contributed by atoms with Gasteiger partial charge in [-0.3, -0.25) is 4.79 Å². The van der Waals surface area contributed by atoms with Gasteiger partial charge in [0, 0.05) is 12.8 Å². The normalized spacial score (nSPS) is 30.9. The van der Waals surface area contributed by atoms with E-state index in [1.807, 2.05) is 6.08 Å². The SMILES string of the molecule is O=C1CC/C=C\C(O)CC1. The Balaban J connectivity index is 2.45. The smallest absolute Gasteiger partial charge is 0.133 e. The van der Waals surface area contributed by atoms with Crippen LogP contribution < -0.4 is 0 Å². The Morgan fingerprint density at radius 1 is 1.50 bits per heavy atom. The molecule has 0 aliphatic heterocycles. The van der Waals surface area contributed by atoms with Crippen LogP contribution in [0, 0.1) is 0 Å². The van der Waals surface area contributed by atoms with E-state index in [4.69, 9.17) is 5.11 Å². The third-order valence-electron chi connectivity index (χ3n) is 1.67. The Morgan fingerprint density at radius 3 is 3.10 bits per heavy atom. The van der Waals surface area contributed by atoms with Gasteiger partial charge in [-0.2, -0.15) is 0 Å². The van der Waals surface area contributed by atoms with Gasteiger partial charge in [0.2, 0.25) is 0 Å². The summed E-state index contributed by atoms with van der Waals surface area (Å²) < 4.78 is 0. The minimum absolute atomic E-state index is 0.267. The quantitative estimate of drug-likeness (QED) is 0.510. The maximum absolute atomic E-state index is 10.8. The molecule has 1 N–H and O–H groups in total. The molecule has 0 aromatic heterocycles. The third-order valence-corrected chi connectivity index (χ3v) is 1.67. The van der Waals surface area contributed by atoms with Crippen LogP contribution >= 0.6 is 0 Å². The molecule has 1 aliphatic rings. The van der Waals surface area contributed by atoms with Crippen molar-refractivity contribution in [1.29, 1.82) is 0 Å². The molecular weight excluding hydrogens is 128 g/mol. The Kier molecular flexibility index (Phi) is 2.63. The molecule has 0 aromatic rings. The van der Waals surface area contributed by atoms with Crippen LogP contribution in [0.1, 0.15) is 25.7 Å². The molecule has 56 valence electrons. The van der Waals surface area contributed by atoms with Gasteiger partial charge in [0.1, 0.15) is 5.78 Å². The number of aliphatic hydroxyl groups is 1. The van der Waals surface area contributed by atoms with E-state index in [9.17, 15) is 4.79 Å². The first kappa shape index (κ1) is 7.48. The van der Waals surface area contributed by atoms with Crippen molar-refractivity contribution in [1.82, 2.24) is 0 Å². The molecule has 0 saturated carbocycles. The summed E-state index contributed by atoms with van der Waals surface area (Å²) in [6.45, 7) is 0. The summed E-state index contributed by atoms with van der Waals surface area (Å²) in [6, 6.07) is 0. The average molecular weight is 140 g/mol. The molecule has 2 heteroatoms. The van der Waals surface area contributed by atoms with E-state index >= 15 is 0 Å². The van der Waals surface area contributed by atoms with Gasteiger partial charge in [0.05, 0.1) is 6.10 Å². The molecule has 1 aliphatic carbocycles. The second-order valence-corrected chi connectivity index (χ2v) is 2.61. The lowest BCUT2D eigenvalue weighted by molar-refractivity contribution is -0.119. The summed E-state index contributed by atoms with van der Waals surface area (Å²) in [4.78, 5) is 10.8. The Morgan fingerprint density at radius 2 is 2.30 bits per heavy atom. The third kappa shape index (κ3) is 2.31. The lowest BCUT2D eigenvalue weighted by Crippen LogP contribution is -2.08. The number of aliphatic hydroxyl groups excluding tert-OH is 1. The highest BCUT2D eigenvalue weighted by atomic mass is 16.3. The lowest BCUT2D eigenvalue weighted by Gasteiger charge is -2.07. The molecule has 0 fully saturated rings. The van der Waals surface area contributed by atoms with E-state index in [1.54, 1.807) is 6.08 Å². The van der Waals surface area contributed by atoms with Gasteiger partial charge >= 0.3 is 0 Å². The maximum atomic E-state index is 10.8. The lowest BCUT2D eigenvalue weighted by atomic mass is 10.0. The summed E-state index contributed by atoms with van der Waals surface area (Å²) >= 11 is 0. The van der Waals surface area contributed by atoms with Crippen LogP contribution in [0.25, 0.3) is 0 Å². The van der Waals surface area contributed by atoms with E-state index in [0.29, 0.717) is 19.3 Å². The number of hydrogen-bond donors (Lipinski definition) is 1. The first-order valence-electron chi connectivity index (χ1n) is 3.65. The van der Waals surface area contributed by atoms with E-state index in [2.05, 4.69) is 0 Å². The highest BCUT2D eigenvalue weighted by Crippen LogP contribution is 2.08. The van der Waals surface area contributed by atoms with Gasteiger partial charge in [-0.1, -0.05) is 12.2 Å². The number of carbonyl (C=O) groups is 1. The zero-order valence-electron chi connectivity index (χ0n) is 5.92. The van der Waals surface area contributed by atoms with Crippen LogP contribution in [0.15, 0.2) is 12.2 Å². The summed E-state index contributed by atoms with van der Waals surface area (Å²) in [5.74, 6) is 0.267. The molecule has 10 heavy (non-hydrogen) atoms. The number of hydrogen-bond acceptors (Lipinski definition) is 2. The first-order valence-corrected chi connectivity index (χ1v) is 3.65. The number of Topliss-reactive ketones (excluding diaryl/α,β-unsaturated/α-hetero) is 1. The monoisotopic (exact) mass is 140 g/mol. The standard InChI is InChI=1S/C8H12O2/c9-7-3-1-2-4-8(10)6-5-7/h1,3,7,9H,2,4-6H2/b3-1-. The zero-order valence-corrected chi connectivity index (χ0v) is 5.92. The van der Waals surface area contributed by atoms with Crippen LogP contribution in [0.4, 0.5) is 0 Å². The number of ketones is 1. The van der Waals surface area contributed by atoms with Crippen molar-refractivity contribution in [2.24, 2.45) is 0 Å².